The molecule has 0 saturated carbocycles. The summed E-state index contributed by atoms with van der Waals surface area (Å²) in [6.45, 7) is 9.30. The molecule has 0 aromatic rings. The maximum Gasteiger partial charge on any atom is 0.306 e. The van der Waals surface area contributed by atoms with Crippen LogP contribution in [-0.2, 0) is 19.1 Å². The third-order valence-electron chi connectivity index (χ3n) is 11.1. The number of carbonyl (C=O) groups excluding carboxylic acids is 2. The second-order valence-corrected chi connectivity index (χ2v) is 15.6. The molecule has 1 aliphatic rings. The Bertz CT molecular complexity index is 745. The summed E-state index contributed by atoms with van der Waals surface area (Å²) >= 11 is 0. The smallest absolute Gasteiger partial charge is 0.306 e. The van der Waals surface area contributed by atoms with Gasteiger partial charge < -0.3 is 14.6 Å². The van der Waals surface area contributed by atoms with Gasteiger partial charge in [-0.1, -0.05) is 149 Å². The molecule has 6 heteroatoms. The van der Waals surface area contributed by atoms with Gasteiger partial charge in [0.05, 0.1) is 13.2 Å². The zero-order valence-corrected chi connectivity index (χ0v) is 33.7. The van der Waals surface area contributed by atoms with E-state index in [0.29, 0.717) is 31.4 Å². The van der Waals surface area contributed by atoms with Crippen LogP contribution in [0.5, 0.6) is 0 Å². The van der Waals surface area contributed by atoms with E-state index >= 15 is 0 Å². The molecule has 2 unspecified atom stereocenters. The van der Waals surface area contributed by atoms with Crippen molar-refractivity contribution >= 4 is 11.9 Å². The number of aliphatic hydroxyl groups is 1. The van der Waals surface area contributed by atoms with Crippen LogP contribution in [0.3, 0.4) is 0 Å². The van der Waals surface area contributed by atoms with Gasteiger partial charge in [-0.25, -0.2) is 0 Å². The van der Waals surface area contributed by atoms with Crippen LogP contribution >= 0.6 is 0 Å². The lowest BCUT2D eigenvalue weighted by molar-refractivity contribution is -0.150. The first-order valence-corrected chi connectivity index (χ1v) is 22.3. The van der Waals surface area contributed by atoms with Gasteiger partial charge in [0.1, 0.15) is 6.10 Å². The van der Waals surface area contributed by atoms with E-state index in [4.69, 9.17) is 9.47 Å². The van der Waals surface area contributed by atoms with Crippen LogP contribution in [0.2, 0.25) is 0 Å². The zero-order chi connectivity index (χ0) is 36.3. The highest BCUT2D eigenvalue weighted by molar-refractivity contribution is 5.69. The summed E-state index contributed by atoms with van der Waals surface area (Å²) in [4.78, 5) is 27.7. The standard InChI is InChI=1S/C44H85NO5/c1-4-7-10-13-16-17-18-21-27-39-49-43(47)34-28-29-40-35-36-45(37-38-46)42(40)32-25-22-26-33-44(48)50-41(30-23-19-14-11-8-5-2)31-24-20-15-12-9-6-3/h40-42,46H,4-39H2,1-3H3. The van der Waals surface area contributed by atoms with Crippen molar-refractivity contribution in [2.75, 3.05) is 26.3 Å². The topological polar surface area (TPSA) is 76.1 Å². The number of esters is 2. The fourth-order valence-corrected chi connectivity index (χ4v) is 7.94. The number of likely N-dealkylation sites (tertiary alicyclic amines) is 1. The molecular weight excluding hydrogens is 622 g/mol. The normalized spacial score (nSPS) is 16.4. The van der Waals surface area contributed by atoms with Crippen LogP contribution in [0.25, 0.3) is 0 Å². The maximum absolute atomic E-state index is 12.9. The average molecular weight is 708 g/mol. The molecule has 0 bridgehead atoms. The summed E-state index contributed by atoms with van der Waals surface area (Å²) in [6, 6.07) is 0.464. The molecule has 1 fully saturated rings. The van der Waals surface area contributed by atoms with Crippen molar-refractivity contribution < 1.29 is 24.2 Å². The van der Waals surface area contributed by atoms with Gasteiger partial charge in [-0.15, -0.1) is 0 Å². The summed E-state index contributed by atoms with van der Waals surface area (Å²) in [6.07, 6.45) is 37.1. The van der Waals surface area contributed by atoms with E-state index < -0.39 is 0 Å². The Balaban J connectivity index is 2.30. The summed E-state index contributed by atoms with van der Waals surface area (Å²) in [7, 11) is 0. The van der Waals surface area contributed by atoms with Gasteiger partial charge in [0.2, 0.25) is 0 Å². The lowest BCUT2D eigenvalue weighted by Gasteiger charge is -2.28. The number of nitrogens with zero attached hydrogens (tertiary/aromatic N) is 1. The van der Waals surface area contributed by atoms with Gasteiger partial charge in [-0.2, -0.15) is 0 Å². The molecule has 0 amide bonds. The molecular formula is C44H85NO5. The van der Waals surface area contributed by atoms with Crippen LogP contribution in [-0.4, -0.2) is 60.4 Å². The lowest BCUT2D eigenvalue weighted by atomic mass is 9.90. The molecule has 1 heterocycles. The van der Waals surface area contributed by atoms with Gasteiger partial charge in [-0.3, -0.25) is 14.5 Å². The Morgan fingerprint density at radius 3 is 1.66 bits per heavy atom. The van der Waals surface area contributed by atoms with Crippen LogP contribution in [0.15, 0.2) is 0 Å². The molecule has 6 nitrogen and oxygen atoms in total. The van der Waals surface area contributed by atoms with Crippen molar-refractivity contribution in [3.63, 3.8) is 0 Å². The molecule has 1 N–H and O–H groups in total. The van der Waals surface area contributed by atoms with Gasteiger partial charge in [-0.05, 0) is 76.7 Å². The average Bonchev–Trinajstić information content (AvgIpc) is 3.49. The second kappa shape index (κ2) is 34.9. The van der Waals surface area contributed by atoms with Gasteiger partial charge >= 0.3 is 11.9 Å². The molecule has 1 rings (SSSR count). The van der Waals surface area contributed by atoms with Crippen LogP contribution in [0, 0.1) is 5.92 Å². The Hall–Kier alpha value is -1.14. The van der Waals surface area contributed by atoms with E-state index in [1.807, 2.05) is 0 Å². The van der Waals surface area contributed by atoms with Gasteiger partial charge in [0.25, 0.3) is 0 Å². The van der Waals surface area contributed by atoms with E-state index in [9.17, 15) is 14.7 Å². The Labute approximate surface area is 311 Å². The molecule has 1 aliphatic heterocycles. The zero-order valence-electron chi connectivity index (χ0n) is 33.7. The number of rotatable bonds is 37. The minimum absolute atomic E-state index is 0.00249. The number of ether oxygens (including phenoxy) is 2. The Morgan fingerprint density at radius 2 is 1.10 bits per heavy atom. The molecule has 296 valence electrons. The number of carbonyl (C=O) groups is 2. The number of hydrogen-bond donors (Lipinski definition) is 1. The molecule has 0 radical (unpaired) electrons. The first kappa shape index (κ1) is 46.9. The minimum Gasteiger partial charge on any atom is -0.466 e. The number of β-amino-alcohol motifs (C(OH)–C–C–N with tert-alkyl or cyclic N) is 1. The highest BCUT2D eigenvalue weighted by Gasteiger charge is 2.32. The predicted octanol–water partition coefficient (Wildman–Crippen LogP) is 12.3. The summed E-state index contributed by atoms with van der Waals surface area (Å²) in [5.41, 5.74) is 0. The molecule has 0 aliphatic carbocycles. The highest BCUT2D eigenvalue weighted by Crippen LogP contribution is 2.32. The molecule has 0 aromatic heterocycles. The SMILES string of the molecule is CCCCCCCCCCCOC(=O)CCCC1CCN(CCO)C1CCCCCC(=O)OC(CCCCCCCC)CCCCCCCC. The molecule has 50 heavy (non-hydrogen) atoms. The lowest BCUT2D eigenvalue weighted by Crippen LogP contribution is -2.35. The van der Waals surface area contributed by atoms with E-state index in [0.717, 1.165) is 83.7 Å². The molecule has 2 atom stereocenters. The number of unbranched alkanes of at least 4 members (excludes halogenated alkanes) is 20. The molecule has 0 spiro atoms. The summed E-state index contributed by atoms with van der Waals surface area (Å²) in [5.74, 6) is 0.526. The van der Waals surface area contributed by atoms with Gasteiger partial charge in [0, 0.05) is 25.4 Å². The second-order valence-electron chi connectivity index (χ2n) is 15.6. The third-order valence-corrected chi connectivity index (χ3v) is 11.1. The summed E-state index contributed by atoms with van der Waals surface area (Å²) in [5, 5.41) is 9.67. The van der Waals surface area contributed by atoms with E-state index in [-0.39, 0.29) is 24.6 Å². The first-order valence-electron chi connectivity index (χ1n) is 22.3. The highest BCUT2D eigenvalue weighted by atomic mass is 16.5. The van der Waals surface area contributed by atoms with Crippen molar-refractivity contribution in [1.82, 2.24) is 4.90 Å². The Morgan fingerprint density at radius 1 is 0.600 bits per heavy atom. The van der Waals surface area contributed by atoms with E-state index in [1.165, 1.54) is 122 Å². The van der Waals surface area contributed by atoms with Crippen LogP contribution in [0.1, 0.15) is 226 Å². The maximum atomic E-state index is 12.9. The fraction of sp³-hybridized carbons (Fsp3) is 0.955. The van der Waals surface area contributed by atoms with Crippen molar-refractivity contribution in [3.05, 3.63) is 0 Å². The van der Waals surface area contributed by atoms with E-state index in [2.05, 4.69) is 25.7 Å². The fourth-order valence-electron chi connectivity index (χ4n) is 7.94. The third kappa shape index (κ3) is 26.6. The van der Waals surface area contributed by atoms with Crippen molar-refractivity contribution in [1.29, 1.82) is 0 Å². The van der Waals surface area contributed by atoms with E-state index in [1.54, 1.807) is 0 Å². The quantitative estimate of drug-likeness (QED) is 0.0512. The van der Waals surface area contributed by atoms with Crippen LogP contribution in [0.4, 0.5) is 0 Å². The Kier molecular flexibility index (Phi) is 32.7. The monoisotopic (exact) mass is 708 g/mol. The largest absolute Gasteiger partial charge is 0.466 e. The molecule has 1 saturated heterocycles. The minimum atomic E-state index is -0.0422. The van der Waals surface area contributed by atoms with Crippen molar-refractivity contribution in [3.8, 4) is 0 Å². The predicted molar refractivity (Wildman–Crippen MR) is 212 cm³/mol. The van der Waals surface area contributed by atoms with Crippen molar-refractivity contribution in [2.45, 2.75) is 238 Å². The first-order chi connectivity index (χ1) is 24.5. The van der Waals surface area contributed by atoms with Crippen molar-refractivity contribution in [2.24, 2.45) is 5.92 Å². The number of aliphatic hydroxyl groups excluding tert-OH is 1. The van der Waals surface area contributed by atoms with Gasteiger partial charge in [0.15, 0.2) is 0 Å². The summed E-state index contributed by atoms with van der Waals surface area (Å²) < 4.78 is 11.6. The van der Waals surface area contributed by atoms with Crippen LogP contribution < -0.4 is 0 Å². The molecule has 0 aromatic carbocycles. The number of hydrogen-bond acceptors (Lipinski definition) is 6.